The number of amides is 1. The first-order valence-electron chi connectivity index (χ1n) is 9.15. The lowest BCUT2D eigenvalue weighted by Gasteiger charge is -2.36. The third-order valence-corrected chi connectivity index (χ3v) is 5.05. The maximum Gasteiger partial charge on any atom is 0.250 e. The van der Waals surface area contributed by atoms with Crippen molar-refractivity contribution >= 4 is 52.3 Å². The van der Waals surface area contributed by atoms with E-state index in [1.54, 1.807) is 24.5 Å². The maximum atomic E-state index is 11.9. The number of thiocarbonyl (C=S) groups is 1. The van der Waals surface area contributed by atoms with Gasteiger partial charge in [0.1, 0.15) is 5.76 Å². The highest BCUT2D eigenvalue weighted by molar-refractivity contribution is 7.80. The number of benzene rings is 1. The van der Waals surface area contributed by atoms with Crippen molar-refractivity contribution in [1.29, 1.82) is 0 Å². The molecule has 8 heteroatoms. The summed E-state index contributed by atoms with van der Waals surface area (Å²) in [4.78, 5) is 16.6. The molecule has 148 valence electrons. The van der Waals surface area contributed by atoms with Gasteiger partial charge in [0.05, 0.1) is 17.0 Å². The van der Waals surface area contributed by atoms with Crippen LogP contribution in [0, 0.1) is 0 Å². The van der Waals surface area contributed by atoms with Crippen LogP contribution < -0.4 is 15.5 Å². The molecule has 1 fully saturated rings. The van der Waals surface area contributed by atoms with E-state index in [1.165, 1.54) is 6.08 Å². The number of furan rings is 1. The topological polar surface area (TPSA) is 60.8 Å². The highest BCUT2D eigenvalue weighted by atomic mass is 35.5. The van der Waals surface area contributed by atoms with Gasteiger partial charge >= 0.3 is 0 Å². The highest BCUT2D eigenvalue weighted by Crippen LogP contribution is 2.29. The lowest BCUT2D eigenvalue weighted by atomic mass is 10.2. The number of nitrogens with zero attached hydrogens (tertiary/aromatic N) is 2. The third-order valence-electron chi connectivity index (χ3n) is 4.54. The van der Waals surface area contributed by atoms with Gasteiger partial charge < -0.3 is 19.5 Å². The van der Waals surface area contributed by atoms with Crippen LogP contribution in [-0.2, 0) is 4.79 Å². The van der Waals surface area contributed by atoms with Crippen molar-refractivity contribution in [3.63, 3.8) is 0 Å². The van der Waals surface area contributed by atoms with Gasteiger partial charge in [-0.15, -0.1) is 0 Å². The molecule has 1 aliphatic heterocycles. The Morgan fingerprint density at radius 2 is 2.07 bits per heavy atom. The Hall–Kier alpha value is -2.35. The largest absolute Gasteiger partial charge is 0.465 e. The second-order valence-corrected chi connectivity index (χ2v) is 7.20. The van der Waals surface area contributed by atoms with E-state index in [1.807, 2.05) is 18.2 Å². The van der Waals surface area contributed by atoms with Crippen LogP contribution in [0.25, 0.3) is 6.08 Å². The summed E-state index contributed by atoms with van der Waals surface area (Å²) in [5, 5.41) is 6.44. The van der Waals surface area contributed by atoms with E-state index in [0.717, 1.165) is 44.1 Å². The minimum atomic E-state index is -0.342. The molecule has 0 spiro atoms. The first kappa shape index (κ1) is 20.4. The number of rotatable bonds is 5. The van der Waals surface area contributed by atoms with Crippen LogP contribution >= 0.6 is 23.8 Å². The van der Waals surface area contributed by atoms with E-state index in [4.69, 9.17) is 28.2 Å². The van der Waals surface area contributed by atoms with Gasteiger partial charge in [0, 0.05) is 37.9 Å². The molecular weight excluding hydrogens is 396 g/mol. The van der Waals surface area contributed by atoms with E-state index < -0.39 is 0 Å². The van der Waals surface area contributed by atoms with Crippen molar-refractivity contribution in [3.05, 3.63) is 53.5 Å². The van der Waals surface area contributed by atoms with Crippen LogP contribution in [0.4, 0.5) is 11.4 Å². The zero-order valence-electron chi connectivity index (χ0n) is 15.7. The first-order valence-corrected chi connectivity index (χ1v) is 9.94. The summed E-state index contributed by atoms with van der Waals surface area (Å²) in [5.74, 6) is 0.251. The molecule has 1 aromatic heterocycles. The molecule has 3 rings (SSSR count). The normalized spacial score (nSPS) is 15.0. The van der Waals surface area contributed by atoms with E-state index >= 15 is 0 Å². The van der Waals surface area contributed by atoms with Gasteiger partial charge in [-0.25, -0.2) is 0 Å². The Balaban J connectivity index is 1.53. The van der Waals surface area contributed by atoms with Gasteiger partial charge in [-0.05, 0) is 55.2 Å². The van der Waals surface area contributed by atoms with Gasteiger partial charge in [0.25, 0.3) is 0 Å². The van der Waals surface area contributed by atoms with Crippen molar-refractivity contribution in [2.75, 3.05) is 42.9 Å². The third kappa shape index (κ3) is 5.58. The first-order chi connectivity index (χ1) is 13.5. The second kappa shape index (κ2) is 9.73. The van der Waals surface area contributed by atoms with E-state index in [0.29, 0.717) is 10.8 Å². The molecule has 28 heavy (non-hydrogen) atoms. The minimum Gasteiger partial charge on any atom is -0.465 e. The smallest absolute Gasteiger partial charge is 0.250 e. The quantitative estimate of drug-likeness (QED) is 0.571. The van der Waals surface area contributed by atoms with Gasteiger partial charge in [-0.3, -0.25) is 10.1 Å². The molecule has 2 N–H and O–H groups in total. The second-order valence-electron chi connectivity index (χ2n) is 6.38. The van der Waals surface area contributed by atoms with Gasteiger partial charge in [0.2, 0.25) is 5.91 Å². The number of hydrogen-bond donors (Lipinski definition) is 2. The number of anilines is 2. The van der Waals surface area contributed by atoms with Crippen LogP contribution in [0.1, 0.15) is 12.7 Å². The SMILES string of the molecule is CCN1CCN(c2ccc(NC(=S)NC(=O)/C=C/c3ccco3)cc2Cl)CC1. The number of nitrogens with one attached hydrogen (secondary N) is 2. The van der Waals surface area contributed by atoms with Crippen LogP contribution in [0.2, 0.25) is 5.02 Å². The number of likely N-dealkylation sites (N-methyl/N-ethyl adjacent to an activating group) is 1. The fourth-order valence-corrected chi connectivity index (χ4v) is 3.52. The van der Waals surface area contributed by atoms with Crippen LogP contribution in [0.5, 0.6) is 0 Å². The van der Waals surface area contributed by atoms with Crippen molar-refractivity contribution < 1.29 is 9.21 Å². The molecule has 0 unspecified atom stereocenters. The molecule has 0 atom stereocenters. The fraction of sp³-hybridized carbons (Fsp3) is 0.300. The predicted molar refractivity (Wildman–Crippen MR) is 118 cm³/mol. The van der Waals surface area contributed by atoms with Crippen molar-refractivity contribution in [2.45, 2.75) is 6.92 Å². The van der Waals surface area contributed by atoms with Crippen LogP contribution in [0.15, 0.2) is 47.1 Å². The van der Waals surface area contributed by atoms with Gasteiger partial charge in [-0.2, -0.15) is 0 Å². The summed E-state index contributed by atoms with van der Waals surface area (Å²) >= 11 is 11.7. The van der Waals surface area contributed by atoms with E-state index in [2.05, 4.69) is 27.4 Å². The molecule has 1 saturated heterocycles. The summed E-state index contributed by atoms with van der Waals surface area (Å²) in [6.07, 6.45) is 4.47. The molecule has 1 aromatic carbocycles. The molecule has 1 amide bonds. The molecule has 0 bridgehead atoms. The number of carbonyl (C=O) groups is 1. The molecular formula is C20H23ClN4O2S. The standard InChI is InChI=1S/C20H23ClN4O2S/c1-2-24-9-11-25(12-10-24)18-7-5-15(14-17(18)21)22-20(28)23-19(26)8-6-16-4-3-13-27-16/h3-8,13-14H,2,9-12H2,1H3,(H2,22,23,26,28)/b8-6+. The monoisotopic (exact) mass is 418 g/mol. The van der Waals surface area contributed by atoms with E-state index in [9.17, 15) is 4.79 Å². The average Bonchev–Trinajstić information content (AvgIpc) is 3.20. The zero-order chi connectivity index (χ0) is 19.9. The maximum absolute atomic E-state index is 11.9. The summed E-state index contributed by atoms with van der Waals surface area (Å²) in [5.41, 5.74) is 1.74. The van der Waals surface area contributed by atoms with E-state index in [-0.39, 0.29) is 11.0 Å². The molecule has 6 nitrogen and oxygen atoms in total. The molecule has 0 saturated carbocycles. The van der Waals surface area contributed by atoms with Gasteiger partial charge in [0.15, 0.2) is 5.11 Å². The summed E-state index contributed by atoms with van der Waals surface area (Å²) in [6, 6.07) is 9.21. The summed E-state index contributed by atoms with van der Waals surface area (Å²) in [6.45, 7) is 7.23. The van der Waals surface area contributed by atoms with Crippen LogP contribution in [0.3, 0.4) is 0 Å². The Bertz CT molecular complexity index is 846. The Morgan fingerprint density at radius 3 is 2.71 bits per heavy atom. The number of piperazine rings is 1. The molecule has 1 aliphatic rings. The number of carbonyl (C=O) groups excluding carboxylic acids is 1. The highest BCUT2D eigenvalue weighted by Gasteiger charge is 2.18. The van der Waals surface area contributed by atoms with Crippen molar-refractivity contribution in [3.8, 4) is 0 Å². The Kier molecular flexibility index (Phi) is 7.08. The molecule has 0 aliphatic carbocycles. The Labute approximate surface area is 175 Å². The van der Waals surface area contributed by atoms with Crippen molar-refractivity contribution in [1.82, 2.24) is 10.2 Å². The predicted octanol–water partition coefficient (Wildman–Crippen LogP) is 3.60. The minimum absolute atomic E-state index is 0.203. The lowest BCUT2D eigenvalue weighted by molar-refractivity contribution is -0.115. The Morgan fingerprint density at radius 1 is 1.29 bits per heavy atom. The number of hydrogen-bond acceptors (Lipinski definition) is 5. The number of halogens is 1. The molecule has 2 heterocycles. The molecule has 2 aromatic rings. The van der Waals surface area contributed by atoms with Gasteiger partial charge in [-0.1, -0.05) is 18.5 Å². The average molecular weight is 419 g/mol. The fourth-order valence-electron chi connectivity index (χ4n) is 3.01. The summed E-state index contributed by atoms with van der Waals surface area (Å²) in [7, 11) is 0. The summed E-state index contributed by atoms with van der Waals surface area (Å²) < 4.78 is 5.13. The molecule has 0 radical (unpaired) electrons. The van der Waals surface area contributed by atoms with Crippen LogP contribution in [-0.4, -0.2) is 48.6 Å². The van der Waals surface area contributed by atoms with Crippen molar-refractivity contribution in [2.24, 2.45) is 0 Å². The lowest BCUT2D eigenvalue weighted by Crippen LogP contribution is -2.46. The zero-order valence-corrected chi connectivity index (χ0v) is 17.2.